The van der Waals surface area contributed by atoms with Crippen LogP contribution in [0.5, 0.6) is 0 Å². The normalized spacial score (nSPS) is 18.4. The van der Waals surface area contributed by atoms with E-state index in [2.05, 4.69) is 55.4 Å². The molecule has 3 aromatic rings. The summed E-state index contributed by atoms with van der Waals surface area (Å²) in [6.45, 7) is 6.81. The molecule has 0 spiro atoms. The molecule has 2 heterocycles. The summed E-state index contributed by atoms with van der Waals surface area (Å²) in [5, 5.41) is 5.01. The van der Waals surface area contributed by atoms with E-state index in [0.717, 1.165) is 17.4 Å². The third kappa shape index (κ3) is 3.28. The average Bonchev–Trinajstić information content (AvgIpc) is 3.10. The molecule has 0 bridgehead atoms. The molecule has 4 rings (SSSR count). The van der Waals surface area contributed by atoms with Gasteiger partial charge >= 0.3 is 5.91 Å². The first-order valence-corrected chi connectivity index (χ1v) is 9.55. The van der Waals surface area contributed by atoms with Gasteiger partial charge in [-0.15, -0.1) is 0 Å². The number of hydrazone groups is 1. The lowest BCUT2D eigenvalue weighted by Gasteiger charge is -2.45. The molecule has 0 radical (unpaired) electrons. The maximum absolute atomic E-state index is 12.3. The highest BCUT2D eigenvalue weighted by atomic mass is 16.3. The molecule has 144 valence electrons. The highest BCUT2D eigenvalue weighted by Gasteiger charge is 2.33. The van der Waals surface area contributed by atoms with E-state index in [9.17, 15) is 4.79 Å². The number of furan rings is 1. The molecular weight excluding hydrogens is 350 g/mol. The Kier molecular flexibility index (Phi) is 4.46. The van der Waals surface area contributed by atoms with Crippen molar-refractivity contribution in [3.05, 3.63) is 65.4 Å². The Hall–Kier alpha value is -3.08. The van der Waals surface area contributed by atoms with Crippen molar-refractivity contribution < 1.29 is 9.21 Å². The molecule has 0 aliphatic carbocycles. The fourth-order valence-corrected chi connectivity index (χ4v) is 3.99. The molecule has 1 aliphatic rings. The second kappa shape index (κ2) is 6.82. The standard InChI is InChI=1S/C23H25N3O2/c1-15-13-23(2,3)26(4)19-10-9-16(11-18(15)19)14-24-25-22(27)21-12-17-7-5-6-8-20(17)28-21/h5-12,14-15H,13H2,1-4H3,(H,25,27)/b24-14+. The minimum Gasteiger partial charge on any atom is -0.451 e. The van der Waals surface area contributed by atoms with Crippen LogP contribution in [0, 0.1) is 0 Å². The van der Waals surface area contributed by atoms with Gasteiger partial charge in [-0.25, -0.2) is 5.43 Å². The molecule has 5 nitrogen and oxygen atoms in total. The number of carbonyl (C=O) groups excluding carboxylic acids is 1. The van der Waals surface area contributed by atoms with Gasteiger partial charge in [-0.2, -0.15) is 5.10 Å². The zero-order chi connectivity index (χ0) is 19.9. The predicted octanol–water partition coefficient (Wildman–Crippen LogP) is 4.92. The smallest absolute Gasteiger partial charge is 0.307 e. The van der Waals surface area contributed by atoms with Crippen molar-refractivity contribution in [1.29, 1.82) is 0 Å². The van der Waals surface area contributed by atoms with Crippen molar-refractivity contribution >= 4 is 28.8 Å². The summed E-state index contributed by atoms with van der Waals surface area (Å²) in [5.41, 5.74) is 6.91. The number of rotatable bonds is 3. The number of nitrogens with one attached hydrogen (secondary N) is 1. The number of anilines is 1. The van der Waals surface area contributed by atoms with Crippen molar-refractivity contribution in [2.24, 2.45) is 5.10 Å². The fraction of sp³-hybridized carbons (Fsp3) is 0.304. The zero-order valence-electron chi connectivity index (χ0n) is 16.7. The quantitative estimate of drug-likeness (QED) is 0.522. The molecule has 0 fully saturated rings. The van der Waals surface area contributed by atoms with Gasteiger partial charge in [0.15, 0.2) is 5.76 Å². The van der Waals surface area contributed by atoms with Gasteiger partial charge in [0.2, 0.25) is 0 Å². The van der Waals surface area contributed by atoms with Crippen LogP contribution in [-0.2, 0) is 0 Å². The number of fused-ring (bicyclic) bond motifs is 2. The Morgan fingerprint density at radius 1 is 1.25 bits per heavy atom. The van der Waals surface area contributed by atoms with Gasteiger partial charge in [-0.3, -0.25) is 4.79 Å². The molecule has 0 saturated heterocycles. The number of para-hydroxylation sites is 1. The predicted molar refractivity (Wildman–Crippen MR) is 113 cm³/mol. The van der Waals surface area contributed by atoms with Crippen LogP contribution in [0.25, 0.3) is 11.0 Å². The Balaban J connectivity index is 1.49. The van der Waals surface area contributed by atoms with Gasteiger partial charge in [0.25, 0.3) is 0 Å². The van der Waals surface area contributed by atoms with E-state index in [1.54, 1.807) is 12.3 Å². The van der Waals surface area contributed by atoms with Gasteiger partial charge in [0, 0.05) is 23.7 Å². The van der Waals surface area contributed by atoms with E-state index in [4.69, 9.17) is 4.42 Å². The van der Waals surface area contributed by atoms with Crippen LogP contribution in [-0.4, -0.2) is 24.7 Å². The highest BCUT2D eigenvalue weighted by Crippen LogP contribution is 2.42. The minimum atomic E-state index is -0.361. The van der Waals surface area contributed by atoms with Crippen molar-refractivity contribution in [2.75, 3.05) is 11.9 Å². The third-order valence-electron chi connectivity index (χ3n) is 5.69. The van der Waals surface area contributed by atoms with Crippen LogP contribution in [0.2, 0.25) is 0 Å². The molecule has 1 N–H and O–H groups in total. The summed E-state index contributed by atoms with van der Waals surface area (Å²) >= 11 is 0. The molecule has 1 aromatic heterocycles. The van der Waals surface area contributed by atoms with Crippen LogP contribution in [0.1, 0.15) is 54.8 Å². The lowest BCUT2D eigenvalue weighted by molar-refractivity contribution is 0.0929. The van der Waals surface area contributed by atoms with Crippen molar-refractivity contribution in [3.63, 3.8) is 0 Å². The first kappa shape index (κ1) is 18.3. The molecule has 1 aliphatic heterocycles. The Morgan fingerprint density at radius 2 is 2.04 bits per heavy atom. The summed E-state index contributed by atoms with van der Waals surface area (Å²) in [7, 11) is 2.14. The monoisotopic (exact) mass is 375 g/mol. The maximum atomic E-state index is 12.3. The topological polar surface area (TPSA) is 57.8 Å². The second-order valence-electron chi connectivity index (χ2n) is 8.14. The summed E-state index contributed by atoms with van der Waals surface area (Å²) in [5.74, 6) is 0.362. The average molecular weight is 375 g/mol. The zero-order valence-corrected chi connectivity index (χ0v) is 16.7. The van der Waals surface area contributed by atoms with Gasteiger partial charge in [-0.1, -0.05) is 31.2 Å². The Bertz CT molecular complexity index is 1030. The molecule has 1 amide bonds. The summed E-state index contributed by atoms with van der Waals surface area (Å²) < 4.78 is 5.56. The van der Waals surface area contributed by atoms with Crippen LogP contribution < -0.4 is 10.3 Å². The SMILES string of the molecule is CC1CC(C)(C)N(C)c2ccc(/C=N/NC(=O)c3cc4ccccc4o3)cc21. The van der Waals surface area contributed by atoms with Gasteiger partial charge in [-0.05, 0) is 61.6 Å². The number of hydrogen-bond acceptors (Lipinski definition) is 4. The van der Waals surface area contributed by atoms with Gasteiger partial charge in [0.1, 0.15) is 5.58 Å². The van der Waals surface area contributed by atoms with E-state index >= 15 is 0 Å². The molecular formula is C23H25N3O2. The minimum absolute atomic E-state index is 0.141. The molecule has 1 atom stereocenters. The van der Waals surface area contributed by atoms with Crippen molar-refractivity contribution in [2.45, 2.75) is 38.6 Å². The number of amides is 1. The van der Waals surface area contributed by atoms with E-state index in [0.29, 0.717) is 11.5 Å². The molecule has 1 unspecified atom stereocenters. The van der Waals surface area contributed by atoms with Crippen LogP contribution in [0.3, 0.4) is 0 Å². The Morgan fingerprint density at radius 3 is 2.82 bits per heavy atom. The van der Waals surface area contributed by atoms with Crippen molar-refractivity contribution in [3.8, 4) is 0 Å². The van der Waals surface area contributed by atoms with E-state index in [1.165, 1.54) is 11.3 Å². The second-order valence-corrected chi connectivity index (χ2v) is 8.14. The van der Waals surface area contributed by atoms with Gasteiger partial charge < -0.3 is 9.32 Å². The third-order valence-corrected chi connectivity index (χ3v) is 5.69. The Labute approximate surface area is 165 Å². The highest BCUT2D eigenvalue weighted by molar-refractivity contribution is 5.96. The first-order chi connectivity index (χ1) is 13.3. The summed E-state index contributed by atoms with van der Waals surface area (Å²) in [6.07, 6.45) is 2.77. The maximum Gasteiger partial charge on any atom is 0.307 e. The largest absolute Gasteiger partial charge is 0.451 e. The number of nitrogens with zero attached hydrogens (tertiary/aromatic N) is 2. The molecule has 0 saturated carbocycles. The molecule has 5 heteroatoms. The van der Waals surface area contributed by atoms with Crippen LogP contribution in [0.15, 0.2) is 58.0 Å². The number of carbonyl (C=O) groups is 1. The van der Waals surface area contributed by atoms with E-state index in [1.807, 2.05) is 30.3 Å². The molecule has 28 heavy (non-hydrogen) atoms. The lowest BCUT2D eigenvalue weighted by Crippen LogP contribution is -2.45. The van der Waals surface area contributed by atoms with E-state index < -0.39 is 0 Å². The number of benzene rings is 2. The van der Waals surface area contributed by atoms with Crippen LogP contribution in [0.4, 0.5) is 5.69 Å². The fourth-order valence-electron chi connectivity index (χ4n) is 3.99. The number of hydrogen-bond donors (Lipinski definition) is 1. The van der Waals surface area contributed by atoms with Gasteiger partial charge in [0.05, 0.1) is 6.21 Å². The summed E-state index contributed by atoms with van der Waals surface area (Å²) in [6, 6.07) is 15.6. The lowest BCUT2D eigenvalue weighted by atomic mass is 9.80. The van der Waals surface area contributed by atoms with E-state index in [-0.39, 0.29) is 17.2 Å². The first-order valence-electron chi connectivity index (χ1n) is 9.55. The van der Waals surface area contributed by atoms with Crippen molar-refractivity contribution in [1.82, 2.24) is 5.43 Å². The summed E-state index contributed by atoms with van der Waals surface area (Å²) in [4.78, 5) is 14.6. The molecule has 2 aromatic carbocycles. The van der Waals surface area contributed by atoms with Crippen LogP contribution >= 0.6 is 0 Å².